The van der Waals surface area contributed by atoms with Crippen LogP contribution in [0.4, 0.5) is 17.2 Å². The molecule has 0 amide bonds. The summed E-state index contributed by atoms with van der Waals surface area (Å²) in [4.78, 5) is 17.4. The van der Waals surface area contributed by atoms with Gasteiger partial charge in [-0.3, -0.25) is 9.97 Å². The number of hydrogen-bond acceptors (Lipinski definition) is 5. The van der Waals surface area contributed by atoms with Gasteiger partial charge in [-0.05, 0) is 34.7 Å². The fourth-order valence-electron chi connectivity index (χ4n) is 11.0. The quantitative estimate of drug-likeness (QED) is 0.159. The molecule has 344 valence electrons. The zero-order valence-corrected chi connectivity index (χ0v) is 41.5. The summed E-state index contributed by atoms with van der Waals surface area (Å²) >= 11 is 2.50. The van der Waals surface area contributed by atoms with Crippen LogP contribution in [-0.2, 0) is 30.2 Å². The van der Waals surface area contributed by atoms with Crippen molar-refractivity contribution in [1.29, 1.82) is 0 Å². The Morgan fingerprint density at radius 2 is 1.15 bits per heavy atom. The van der Waals surface area contributed by atoms with E-state index in [0.29, 0.717) is 11.5 Å². The standard InChI is InChI=1S/C63H46N6O.Pt/c1-62(2,3)44-32-36-65-59(37-44)69-55-27-11-10-26-52(55)63(54-40-64-35-33-50(54)51-25-16-34-66-61(51)63)53-31-30-47(39-58(53)69)70-46-22-14-21-45(38-46)67-41-68(57-29-13-12-28-56(57)67)60-48(42-17-6-4-7-18-42)23-15-24-49(60)43-19-8-5-9-20-43;/h4-40H,1-3H3;. The number of fused-ring (bicyclic) bond motifs is 10. The number of benzene rings is 7. The third-order valence-corrected chi connectivity index (χ3v) is 15.1. The van der Waals surface area contributed by atoms with Gasteiger partial charge in [0.15, 0.2) is 0 Å². The number of rotatable bonds is 7. The molecule has 0 bridgehead atoms. The van der Waals surface area contributed by atoms with Crippen molar-refractivity contribution in [3.8, 4) is 56.3 Å². The van der Waals surface area contributed by atoms with Gasteiger partial charge in [0.05, 0.1) is 0 Å². The zero-order chi connectivity index (χ0) is 47.8. The van der Waals surface area contributed by atoms with Crippen molar-refractivity contribution < 1.29 is 24.1 Å². The Kier molecular flexibility index (Phi) is 10.1. The minimum atomic E-state index is -0.746. The van der Waals surface area contributed by atoms with E-state index in [0.717, 1.165) is 99.2 Å². The molecular formula is C63H46N6OPt. The van der Waals surface area contributed by atoms with Crippen LogP contribution in [0.25, 0.3) is 55.8 Å². The fourth-order valence-corrected chi connectivity index (χ4v) is 12.1. The predicted octanol–water partition coefficient (Wildman–Crippen LogP) is 15.3. The number of pyridine rings is 3. The van der Waals surface area contributed by atoms with Crippen molar-refractivity contribution in [2.45, 2.75) is 31.6 Å². The van der Waals surface area contributed by atoms with Crippen LogP contribution in [-0.4, -0.2) is 24.1 Å². The van der Waals surface area contributed by atoms with Crippen molar-refractivity contribution in [2.24, 2.45) is 0 Å². The number of anilines is 3. The molecule has 7 nitrogen and oxygen atoms in total. The number of imidazole rings is 1. The van der Waals surface area contributed by atoms with E-state index in [1.165, 1.54) is 5.56 Å². The molecule has 7 aromatic carbocycles. The molecule has 13 rings (SSSR count). The molecule has 11 aromatic rings. The minimum absolute atomic E-state index is 0.0937. The zero-order valence-electron chi connectivity index (χ0n) is 39.3. The molecular weight excluding hydrogens is 1050 g/mol. The average Bonchev–Trinajstić information content (AvgIpc) is 3.88. The van der Waals surface area contributed by atoms with E-state index in [-0.39, 0.29) is 5.41 Å². The monoisotopic (exact) mass is 1100 g/mol. The predicted molar refractivity (Wildman–Crippen MR) is 281 cm³/mol. The van der Waals surface area contributed by atoms with E-state index in [2.05, 4.69) is 242 Å². The van der Waals surface area contributed by atoms with Crippen molar-refractivity contribution in [2.75, 3.05) is 4.90 Å². The first-order valence-electron chi connectivity index (χ1n) is 23.9. The van der Waals surface area contributed by atoms with Gasteiger partial charge in [-0.25, -0.2) is 0 Å². The summed E-state index contributed by atoms with van der Waals surface area (Å²) in [5, 5.41) is 0. The van der Waals surface area contributed by atoms with Crippen molar-refractivity contribution >= 4 is 28.2 Å². The van der Waals surface area contributed by atoms with Crippen LogP contribution >= 0.6 is 0 Å². The van der Waals surface area contributed by atoms with Gasteiger partial charge in [0.25, 0.3) is 0 Å². The Bertz CT molecular complexity index is 3840. The van der Waals surface area contributed by atoms with Crippen molar-refractivity contribution in [3.05, 3.63) is 257 Å². The molecule has 1 atom stereocenters. The summed E-state index contributed by atoms with van der Waals surface area (Å²) < 4.78 is 12.8. The summed E-state index contributed by atoms with van der Waals surface area (Å²) in [5.41, 5.74) is 17.8. The number of hydrogen-bond donors (Lipinski definition) is 0. The van der Waals surface area contributed by atoms with Gasteiger partial charge < -0.3 is 0 Å². The second-order valence-electron chi connectivity index (χ2n) is 19.2. The summed E-state index contributed by atoms with van der Waals surface area (Å²) in [7, 11) is 0. The molecule has 1 unspecified atom stereocenters. The molecule has 4 aromatic heterocycles. The first-order chi connectivity index (χ1) is 34.8. The van der Waals surface area contributed by atoms with Crippen LogP contribution in [0.5, 0.6) is 11.5 Å². The Morgan fingerprint density at radius 3 is 1.92 bits per heavy atom. The fraction of sp³-hybridized carbons (Fsp3) is 0.0794. The van der Waals surface area contributed by atoms with Crippen molar-refractivity contribution in [1.82, 2.24) is 24.1 Å². The van der Waals surface area contributed by atoms with Crippen LogP contribution in [0.15, 0.2) is 225 Å². The summed E-state index contributed by atoms with van der Waals surface area (Å²) in [5.74, 6) is 2.24. The van der Waals surface area contributed by atoms with Crippen LogP contribution in [0.2, 0.25) is 0 Å². The Labute approximate surface area is 423 Å². The van der Waals surface area contributed by atoms with E-state index in [1.807, 2.05) is 36.9 Å². The molecule has 8 heteroatoms. The molecule has 0 saturated heterocycles. The second kappa shape index (κ2) is 16.7. The molecule has 2 aliphatic rings. The van der Waals surface area contributed by atoms with Gasteiger partial charge in [0, 0.05) is 30.4 Å². The molecule has 0 N–H and O–H groups in total. The summed E-state index contributed by atoms with van der Waals surface area (Å²) in [6, 6.07) is 70.9. The van der Waals surface area contributed by atoms with E-state index >= 15 is 0 Å². The summed E-state index contributed by atoms with van der Waals surface area (Å²) in [6.07, 6.45) is 7.75. The number of para-hydroxylation sites is 4. The van der Waals surface area contributed by atoms with Crippen LogP contribution < -0.4 is 9.64 Å². The van der Waals surface area contributed by atoms with E-state index in [9.17, 15) is 0 Å². The van der Waals surface area contributed by atoms with E-state index in [1.54, 1.807) is 0 Å². The van der Waals surface area contributed by atoms with Gasteiger partial charge in [-0.15, -0.1) is 0 Å². The van der Waals surface area contributed by atoms with Crippen LogP contribution in [0, 0.1) is 3.80 Å². The van der Waals surface area contributed by atoms with Gasteiger partial charge in [0.1, 0.15) is 0 Å². The van der Waals surface area contributed by atoms with E-state index < -0.39 is 5.41 Å². The second-order valence-corrected chi connectivity index (χ2v) is 20.2. The molecule has 0 saturated carbocycles. The van der Waals surface area contributed by atoms with Crippen LogP contribution in [0.1, 0.15) is 48.7 Å². The third-order valence-electron chi connectivity index (χ3n) is 14.1. The maximum absolute atomic E-state index is 7.05. The number of ether oxygens (including phenoxy) is 1. The molecule has 0 radical (unpaired) electrons. The molecule has 1 aliphatic heterocycles. The topological polar surface area (TPSA) is 61.0 Å². The molecule has 5 heterocycles. The Morgan fingerprint density at radius 1 is 0.493 bits per heavy atom. The van der Waals surface area contributed by atoms with Gasteiger partial charge in [-0.1, -0.05) is 45.0 Å². The summed E-state index contributed by atoms with van der Waals surface area (Å²) in [6.45, 7) is 6.73. The molecule has 0 fully saturated rings. The number of aromatic nitrogens is 5. The normalized spacial score (nSPS) is 14.5. The first-order valence-corrected chi connectivity index (χ1v) is 25.0. The van der Waals surface area contributed by atoms with Gasteiger partial charge >= 0.3 is 306 Å². The van der Waals surface area contributed by atoms with Crippen molar-refractivity contribution in [3.63, 3.8) is 0 Å². The van der Waals surface area contributed by atoms with Crippen LogP contribution in [0.3, 0.4) is 0 Å². The van der Waals surface area contributed by atoms with Gasteiger partial charge in [-0.2, -0.15) is 0 Å². The maximum atomic E-state index is 7.05. The number of nitrogens with zero attached hydrogens (tertiary/aromatic N) is 6. The Balaban J connectivity index is 0.979. The first kappa shape index (κ1) is 42.8. The third kappa shape index (κ3) is 6.75. The van der Waals surface area contributed by atoms with Gasteiger partial charge in [0.2, 0.25) is 0 Å². The Hall–Kier alpha value is -8.25. The molecule has 1 aliphatic carbocycles. The van der Waals surface area contributed by atoms with E-state index in [4.69, 9.17) is 19.7 Å². The molecule has 1 spiro atoms. The molecule has 71 heavy (non-hydrogen) atoms. The average molecular weight is 1100 g/mol. The SMILES string of the molecule is CC(C)(C)c1ccnc(N2c3ccccc3C3(c4cnccc4-c4cccnc43)c3ccc(Oc4cccc(-n5[c](=[Pt])n(-c6c(-c7ccccc7)cccc6-c6ccccc6)c6ccccc65)c4)cc32)c1.